The van der Waals surface area contributed by atoms with Gasteiger partial charge in [0.15, 0.2) is 0 Å². The average Bonchev–Trinajstić information content (AvgIpc) is 3.12. The number of hydrogen-bond donors (Lipinski definition) is 1. The number of carbonyl (C=O) groups excluding carboxylic acids is 2. The Morgan fingerprint density at radius 2 is 1.81 bits per heavy atom. The van der Waals surface area contributed by atoms with E-state index in [1.807, 2.05) is 37.3 Å². The van der Waals surface area contributed by atoms with E-state index >= 15 is 0 Å². The molecule has 0 unspecified atom stereocenters. The summed E-state index contributed by atoms with van der Waals surface area (Å²) < 4.78 is 6.47. The minimum atomic E-state index is -0.497. The van der Waals surface area contributed by atoms with Crippen molar-refractivity contribution in [2.45, 2.75) is 20.4 Å². The third-order valence-corrected chi connectivity index (χ3v) is 6.22. The highest BCUT2D eigenvalue weighted by Gasteiger charge is 2.24. The molecule has 7 nitrogen and oxygen atoms in total. The van der Waals surface area contributed by atoms with Crippen molar-refractivity contribution < 1.29 is 14.3 Å². The molecule has 32 heavy (non-hydrogen) atoms. The lowest BCUT2D eigenvalue weighted by Gasteiger charge is -2.09. The zero-order chi connectivity index (χ0) is 22.7. The number of carbonyl (C=O) groups is 2. The molecule has 162 valence electrons. The van der Waals surface area contributed by atoms with E-state index in [1.165, 1.54) is 22.2 Å². The molecule has 2 heterocycles. The quantitative estimate of drug-likeness (QED) is 0.446. The van der Waals surface area contributed by atoms with E-state index in [4.69, 9.17) is 4.74 Å². The molecule has 4 aromatic rings. The molecular formula is C24H21N3O4S. The van der Waals surface area contributed by atoms with E-state index in [0.717, 1.165) is 16.0 Å². The first kappa shape index (κ1) is 21.5. The molecule has 0 saturated carbocycles. The highest BCUT2D eigenvalue weighted by atomic mass is 32.1. The number of anilines is 1. The zero-order valence-corrected chi connectivity index (χ0v) is 18.4. The average molecular weight is 448 g/mol. The maximum atomic E-state index is 12.8. The number of rotatable bonds is 6. The van der Waals surface area contributed by atoms with Crippen molar-refractivity contribution in [2.24, 2.45) is 0 Å². The lowest BCUT2D eigenvalue weighted by atomic mass is 10.1. The van der Waals surface area contributed by atoms with E-state index < -0.39 is 11.9 Å². The molecular weight excluding hydrogens is 426 g/mol. The molecule has 0 fully saturated rings. The van der Waals surface area contributed by atoms with Crippen LogP contribution in [-0.2, 0) is 16.1 Å². The standard InChI is InChI=1S/C24H21N3O4S/c1-3-31-24(30)20-15(2)21(16-9-5-4-6-10-16)32-22(20)26-19(28)13-27-14-25-18-12-8-7-11-17(18)23(27)29/h4-12,14H,3,13H2,1-2H3,(H,26,28). The Morgan fingerprint density at radius 1 is 1.09 bits per heavy atom. The molecule has 4 rings (SSSR count). The summed E-state index contributed by atoms with van der Waals surface area (Å²) >= 11 is 1.30. The van der Waals surface area contributed by atoms with Gasteiger partial charge in [0.05, 0.1) is 29.4 Å². The monoisotopic (exact) mass is 447 g/mol. The summed E-state index contributed by atoms with van der Waals surface area (Å²) in [6.45, 7) is 3.56. The number of benzene rings is 2. The molecule has 0 spiro atoms. The molecule has 2 aromatic heterocycles. The minimum absolute atomic E-state index is 0.223. The van der Waals surface area contributed by atoms with Crippen LogP contribution in [0.15, 0.2) is 65.7 Å². The number of nitrogens with one attached hydrogen (secondary N) is 1. The van der Waals surface area contributed by atoms with Gasteiger partial charge in [-0.1, -0.05) is 42.5 Å². The molecule has 0 saturated heterocycles. The van der Waals surface area contributed by atoms with Crippen molar-refractivity contribution in [1.29, 1.82) is 0 Å². The highest BCUT2D eigenvalue weighted by Crippen LogP contribution is 2.40. The van der Waals surface area contributed by atoms with Gasteiger partial charge in [-0.05, 0) is 37.1 Å². The van der Waals surface area contributed by atoms with Gasteiger partial charge in [0.1, 0.15) is 11.5 Å². The second-order valence-corrected chi connectivity index (χ2v) is 8.11. The van der Waals surface area contributed by atoms with Crippen LogP contribution >= 0.6 is 11.3 Å². The molecule has 0 aliphatic heterocycles. The van der Waals surface area contributed by atoms with Crippen LogP contribution in [0.3, 0.4) is 0 Å². The Kier molecular flexibility index (Phi) is 6.13. The van der Waals surface area contributed by atoms with Crippen LogP contribution < -0.4 is 10.9 Å². The fourth-order valence-corrected chi connectivity index (χ4v) is 4.67. The third kappa shape index (κ3) is 4.17. The first-order chi connectivity index (χ1) is 15.5. The summed E-state index contributed by atoms with van der Waals surface area (Å²) in [5.74, 6) is -0.932. The number of ether oxygens (including phenoxy) is 1. The number of nitrogens with zero attached hydrogens (tertiary/aromatic N) is 2. The topological polar surface area (TPSA) is 90.3 Å². The third-order valence-electron chi connectivity index (χ3n) is 4.96. The van der Waals surface area contributed by atoms with Gasteiger partial charge in [0.25, 0.3) is 5.56 Å². The Bertz CT molecular complexity index is 1360. The van der Waals surface area contributed by atoms with Gasteiger partial charge in [-0.3, -0.25) is 14.2 Å². The summed E-state index contributed by atoms with van der Waals surface area (Å²) in [4.78, 5) is 43.3. The van der Waals surface area contributed by atoms with Crippen molar-refractivity contribution in [3.05, 3.63) is 82.4 Å². The van der Waals surface area contributed by atoms with Gasteiger partial charge in [-0.25, -0.2) is 9.78 Å². The Morgan fingerprint density at radius 3 is 2.56 bits per heavy atom. The molecule has 0 radical (unpaired) electrons. The lowest BCUT2D eigenvalue weighted by Crippen LogP contribution is -2.28. The van der Waals surface area contributed by atoms with Crippen LogP contribution in [0, 0.1) is 6.92 Å². The Balaban J connectivity index is 1.66. The van der Waals surface area contributed by atoms with Gasteiger partial charge in [-0.2, -0.15) is 0 Å². The smallest absolute Gasteiger partial charge is 0.341 e. The van der Waals surface area contributed by atoms with Crippen LogP contribution in [0.4, 0.5) is 5.00 Å². The minimum Gasteiger partial charge on any atom is -0.462 e. The van der Waals surface area contributed by atoms with Crippen molar-refractivity contribution >= 4 is 39.1 Å². The molecule has 1 N–H and O–H groups in total. The SMILES string of the molecule is CCOC(=O)c1c(NC(=O)Cn2cnc3ccccc3c2=O)sc(-c2ccccc2)c1C. The van der Waals surface area contributed by atoms with Crippen molar-refractivity contribution in [3.8, 4) is 10.4 Å². The summed E-state index contributed by atoms with van der Waals surface area (Å²) in [5.41, 5.74) is 2.27. The number of fused-ring (bicyclic) bond motifs is 1. The molecule has 8 heteroatoms. The fraction of sp³-hybridized carbons (Fsp3) is 0.167. The van der Waals surface area contributed by atoms with Gasteiger partial charge < -0.3 is 10.1 Å². The van der Waals surface area contributed by atoms with Gasteiger partial charge >= 0.3 is 5.97 Å². The van der Waals surface area contributed by atoms with Crippen LogP contribution in [0.25, 0.3) is 21.3 Å². The summed E-state index contributed by atoms with van der Waals surface area (Å²) in [6.07, 6.45) is 1.35. The number of hydrogen-bond acceptors (Lipinski definition) is 6. The zero-order valence-electron chi connectivity index (χ0n) is 17.6. The molecule has 1 amide bonds. The van der Waals surface area contributed by atoms with Crippen molar-refractivity contribution in [1.82, 2.24) is 9.55 Å². The van der Waals surface area contributed by atoms with Crippen molar-refractivity contribution in [3.63, 3.8) is 0 Å². The first-order valence-corrected chi connectivity index (χ1v) is 10.9. The second kappa shape index (κ2) is 9.15. The maximum absolute atomic E-state index is 12.8. The normalized spacial score (nSPS) is 10.8. The van der Waals surface area contributed by atoms with E-state index in [0.29, 0.717) is 21.5 Å². The van der Waals surface area contributed by atoms with Crippen molar-refractivity contribution in [2.75, 3.05) is 11.9 Å². The Hall–Kier alpha value is -3.78. The highest BCUT2D eigenvalue weighted by molar-refractivity contribution is 7.20. The van der Waals surface area contributed by atoms with Crippen LogP contribution in [0.1, 0.15) is 22.8 Å². The number of thiophene rings is 1. The number of amides is 1. The van der Waals surface area contributed by atoms with E-state index in [9.17, 15) is 14.4 Å². The number of esters is 1. The van der Waals surface area contributed by atoms with Gasteiger partial charge in [-0.15, -0.1) is 11.3 Å². The molecule has 2 aromatic carbocycles. The summed E-state index contributed by atoms with van der Waals surface area (Å²) in [7, 11) is 0. The maximum Gasteiger partial charge on any atom is 0.341 e. The van der Waals surface area contributed by atoms with Crippen LogP contribution in [0.5, 0.6) is 0 Å². The Labute approximate surface area is 188 Å². The largest absolute Gasteiger partial charge is 0.462 e. The lowest BCUT2D eigenvalue weighted by molar-refractivity contribution is -0.116. The molecule has 0 aliphatic rings. The second-order valence-electron chi connectivity index (χ2n) is 7.09. The molecule has 0 atom stereocenters. The van der Waals surface area contributed by atoms with Crippen LogP contribution in [0.2, 0.25) is 0 Å². The number of aromatic nitrogens is 2. The van der Waals surface area contributed by atoms with Gasteiger partial charge in [0.2, 0.25) is 5.91 Å². The molecule has 0 bridgehead atoms. The molecule has 0 aliphatic carbocycles. The van der Waals surface area contributed by atoms with E-state index in [1.54, 1.807) is 31.2 Å². The summed E-state index contributed by atoms with van der Waals surface area (Å²) in [5, 5.41) is 3.63. The predicted molar refractivity (Wildman–Crippen MR) is 125 cm³/mol. The van der Waals surface area contributed by atoms with Crippen LogP contribution in [-0.4, -0.2) is 28.0 Å². The fourth-order valence-electron chi connectivity index (χ4n) is 3.46. The first-order valence-electron chi connectivity index (χ1n) is 10.1. The summed E-state index contributed by atoms with van der Waals surface area (Å²) in [6, 6.07) is 16.6. The predicted octanol–water partition coefficient (Wildman–Crippen LogP) is 4.25. The van der Waals surface area contributed by atoms with E-state index in [2.05, 4.69) is 10.3 Å². The van der Waals surface area contributed by atoms with E-state index in [-0.39, 0.29) is 18.7 Å². The van der Waals surface area contributed by atoms with Gasteiger partial charge in [0, 0.05) is 4.88 Å². The number of para-hydroxylation sites is 1.